The zero-order chi connectivity index (χ0) is 13.4. The maximum Gasteiger partial charge on any atom is 0.251 e. The summed E-state index contributed by atoms with van der Waals surface area (Å²) in [5.41, 5.74) is 0.572. The Hall–Kier alpha value is -1.51. The van der Waals surface area contributed by atoms with E-state index in [1.165, 1.54) is 11.8 Å². The van der Waals surface area contributed by atoms with Gasteiger partial charge in [-0.05, 0) is 24.1 Å². The quantitative estimate of drug-likeness (QED) is 0.766. The molecule has 4 nitrogen and oxygen atoms in total. The first-order valence-electron chi connectivity index (χ1n) is 5.66. The van der Waals surface area contributed by atoms with Crippen LogP contribution in [0.25, 0.3) is 0 Å². The molecule has 0 fully saturated rings. The Bertz CT molecular complexity index is 443. The lowest BCUT2D eigenvalue weighted by atomic mass is 10.2. The van der Waals surface area contributed by atoms with Crippen LogP contribution in [0.2, 0.25) is 0 Å². The number of hydrogen-bond acceptors (Lipinski definition) is 4. The Morgan fingerprint density at radius 1 is 1.61 bits per heavy atom. The smallest absolute Gasteiger partial charge is 0.251 e. The molecule has 0 bridgehead atoms. The third-order valence-corrected chi connectivity index (χ3v) is 3.18. The number of carbonyl (C=O) groups excluding carboxylic acids is 1. The van der Waals surface area contributed by atoms with Crippen LogP contribution in [0.1, 0.15) is 17.3 Å². The molecule has 5 heteroatoms. The van der Waals surface area contributed by atoms with Crippen LogP contribution in [0.4, 0.5) is 0 Å². The Labute approximate surface area is 111 Å². The highest BCUT2D eigenvalue weighted by Crippen LogP contribution is 2.18. The van der Waals surface area contributed by atoms with Gasteiger partial charge >= 0.3 is 0 Å². The van der Waals surface area contributed by atoms with Crippen molar-refractivity contribution >= 4 is 17.7 Å². The van der Waals surface area contributed by atoms with Crippen LogP contribution in [0.3, 0.4) is 0 Å². The molecule has 0 spiro atoms. The Kier molecular flexibility index (Phi) is 6.26. The highest BCUT2D eigenvalue weighted by molar-refractivity contribution is 7.99. The molecule has 1 unspecified atom stereocenters. The average Bonchev–Trinajstić information content (AvgIpc) is 2.42. The molecule has 0 aromatic heterocycles. The summed E-state index contributed by atoms with van der Waals surface area (Å²) in [6.07, 6.45) is 0. The second kappa shape index (κ2) is 7.75. The van der Waals surface area contributed by atoms with Crippen molar-refractivity contribution in [3.05, 3.63) is 29.8 Å². The number of thioether (sulfide) groups is 1. The van der Waals surface area contributed by atoms with Gasteiger partial charge in [0, 0.05) is 23.6 Å². The summed E-state index contributed by atoms with van der Waals surface area (Å²) in [6.45, 7) is 2.36. The fraction of sp³-hybridized carbons (Fsp3) is 0.385. The van der Waals surface area contributed by atoms with Gasteiger partial charge in [0.2, 0.25) is 0 Å². The molecular weight excluding hydrogens is 248 g/mol. The second-order valence-electron chi connectivity index (χ2n) is 3.97. The summed E-state index contributed by atoms with van der Waals surface area (Å²) in [4.78, 5) is 12.7. The molecule has 0 saturated heterocycles. The van der Waals surface area contributed by atoms with Gasteiger partial charge < -0.3 is 10.4 Å². The third-order valence-electron chi connectivity index (χ3n) is 2.32. The number of nitriles is 1. The number of nitrogens with one attached hydrogen (secondary N) is 1. The Morgan fingerprint density at radius 3 is 3.06 bits per heavy atom. The largest absolute Gasteiger partial charge is 0.396 e. The molecule has 0 aliphatic heterocycles. The minimum Gasteiger partial charge on any atom is -0.396 e. The maximum absolute atomic E-state index is 11.8. The lowest BCUT2D eigenvalue weighted by molar-refractivity contribution is 0.0942. The molecule has 1 rings (SSSR count). The Morgan fingerprint density at radius 2 is 2.39 bits per heavy atom. The first kappa shape index (κ1) is 14.6. The van der Waals surface area contributed by atoms with Crippen LogP contribution >= 0.6 is 11.8 Å². The zero-order valence-corrected chi connectivity index (χ0v) is 11.0. The number of hydrogen-bond donors (Lipinski definition) is 2. The summed E-state index contributed by atoms with van der Waals surface area (Å²) in [6, 6.07) is 9.21. The van der Waals surface area contributed by atoms with Crippen molar-refractivity contribution in [3.8, 4) is 6.07 Å². The van der Waals surface area contributed by atoms with E-state index in [0.717, 1.165) is 4.90 Å². The summed E-state index contributed by atoms with van der Waals surface area (Å²) >= 11 is 1.40. The molecule has 0 heterocycles. The van der Waals surface area contributed by atoms with Gasteiger partial charge in [0.15, 0.2) is 0 Å². The van der Waals surface area contributed by atoms with E-state index in [0.29, 0.717) is 17.9 Å². The van der Waals surface area contributed by atoms with Crippen LogP contribution in [0.5, 0.6) is 0 Å². The molecule has 0 saturated carbocycles. The molecule has 0 radical (unpaired) electrons. The van der Waals surface area contributed by atoms with Crippen molar-refractivity contribution in [1.82, 2.24) is 5.32 Å². The van der Waals surface area contributed by atoms with E-state index in [2.05, 4.69) is 5.32 Å². The lowest BCUT2D eigenvalue weighted by Gasteiger charge is -2.10. The van der Waals surface area contributed by atoms with E-state index in [9.17, 15) is 4.79 Å². The summed E-state index contributed by atoms with van der Waals surface area (Å²) in [7, 11) is 0. The Balaban J connectivity index is 2.60. The van der Waals surface area contributed by atoms with Crippen LogP contribution < -0.4 is 5.32 Å². The molecule has 18 heavy (non-hydrogen) atoms. The van der Waals surface area contributed by atoms with Crippen LogP contribution in [0.15, 0.2) is 29.2 Å². The second-order valence-corrected chi connectivity index (χ2v) is 5.02. The molecule has 1 atom stereocenters. The van der Waals surface area contributed by atoms with Crippen molar-refractivity contribution in [2.45, 2.75) is 11.8 Å². The van der Waals surface area contributed by atoms with Crippen LogP contribution in [0, 0.1) is 17.2 Å². The normalized spacial score (nSPS) is 11.6. The van der Waals surface area contributed by atoms with E-state index in [4.69, 9.17) is 10.4 Å². The third kappa shape index (κ3) is 4.78. The number of aliphatic hydroxyl groups is 1. The van der Waals surface area contributed by atoms with Gasteiger partial charge in [-0.25, -0.2) is 0 Å². The monoisotopic (exact) mass is 264 g/mol. The van der Waals surface area contributed by atoms with Gasteiger partial charge in [-0.3, -0.25) is 4.79 Å². The van der Waals surface area contributed by atoms with E-state index in [1.54, 1.807) is 18.2 Å². The van der Waals surface area contributed by atoms with E-state index < -0.39 is 0 Å². The summed E-state index contributed by atoms with van der Waals surface area (Å²) in [5.74, 6) is 0.256. The van der Waals surface area contributed by atoms with Crippen LogP contribution in [-0.4, -0.2) is 29.9 Å². The molecule has 1 aromatic carbocycles. The minimum atomic E-state index is -0.158. The lowest BCUT2D eigenvalue weighted by Crippen LogP contribution is -2.29. The molecular formula is C13H16N2O2S. The first-order valence-corrected chi connectivity index (χ1v) is 6.64. The first-order chi connectivity index (χ1) is 8.67. The fourth-order valence-corrected chi connectivity index (χ4v) is 1.89. The van der Waals surface area contributed by atoms with Crippen molar-refractivity contribution < 1.29 is 9.90 Å². The van der Waals surface area contributed by atoms with Gasteiger partial charge in [0.1, 0.15) is 0 Å². The van der Waals surface area contributed by atoms with Gasteiger partial charge in [0.05, 0.1) is 11.8 Å². The van der Waals surface area contributed by atoms with Gasteiger partial charge in [-0.2, -0.15) is 5.26 Å². The SMILES string of the molecule is CC(CO)CNC(=O)c1cccc(SCC#N)c1. The maximum atomic E-state index is 11.8. The predicted molar refractivity (Wildman–Crippen MR) is 71.4 cm³/mol. The number of benzene rings is 1. The topological polar surface area (TPSA) is 73.1 Å². The average molecular weight is 264 g/mol. The van der Waals surface area contributed by atoms with Crippen LogP contribution in [-0.2, 0) is 0 Å². The molecule has 1 aromatic rings. The molecule has 1 amide bonds. The molecule has 0 aliphatic carbocycles. The van der Waals surface area contributed by atoms with E-state index >= 15 is 0 Å². The predicted octanol–water partition coefficient (Wildman–Crippen LogP) is 1.66. The molecule has 2 N–H and O–H groups in total. The fourth-order valence-electron chi connectivity index (χ4n) is 1.28. The van der Waals surface area contributed by atoms with Crippen molar-refractivity contribution in [1.29, 1.82) is 5.26 Å². The number of carbonyl (C=O) groups is 1. The number of rotatable bonds is 6. The van der Waals surface area contributed by atoms with Crippen molar-refractivity contribution in [2.24, 2.45) is 5.92 Å². The number of amides is 1. The van der Waals surface area contributed by atoms with Gasteiger partial charge in [0.25, 0.3) is 5.91 Å². The minimum absolute atomic E-state index is 0.0464. The molecule has 96 valence electrons. The highest BCUT2D eigenvalue weighted by atomic mass is 32.2. The standard InChI is InChI=1S/C13H16N2O2S/c1-10(9-16)8-15-13(17)11-3-2-4-12(7-11)18-6-5-14/h2-4,7,10,16H,6,8-9H2,1H3,(H,15,17). The summed E-state index contributed by atoms with van der Waals surface area (Å²) in [5, 5.41) is 20.1. The van der Waals surface area contributed by atoms with Crippen molar-refractivity contribution in [2.75, 3.05) is 18.9 Å². The van der Waals surface area contributed by atoms with Crippen molar-refractivity contribution in [3.63, 3.8) is 0 Å². The van der Waals surface area contributed by atoms with E-state index in [-0.39, 0.29) is 18.4 Å². The van der Waals surface area contributed by atoms with Gasteiger partial charge in [-0.15, -0.1) is 11.8 Å². The zero-order valence-electron chi connectivity index (χ0n) is 10.2. The number of aliphatic hydroxyl groups excluding tert-OH is 1. The molecule has 0 aliphatic rings. The van der Waals surface area contributed by atoms with Gasteiger partial charge in [-0.1, -0.05) is 13.0 Å². The number of nitrogens with zero attached hydrogens (tertiary/aromatic N) is 1. The summed E-state index contributed by atoms with van der Waals surface area (Å²) < 4.78 is 0. The van der Waals surface area contributed by atoms with E-state index in [1.807, 2.05) is 19.1 Å². The highest BCUT2D eigenvalue weighted by Gasteiger charge is 2.08.